The predicted octanol–water partition coefficient (Wildman–Crippen LogP) is 4.08. The summed E-state index contributed by atoms with van der Waals surface area (Å²) in [7, 11) is 0.803. The smallest absolute Gasteiger partial charge is 0.225 e. The van der Waals surface area contributed by atoms with E-state index in [0.29, 0.717) is 22.9 Å². The number of methoxy groups -OCH3 is 3. The number of hydrogen-bond donors (Lipinski definition) is 1. The van der Waals surface area contributed by atoms with Crippen LogP contribution in [0.1, 0.15) is 22.8 Å². The predicted molar refractivity (Wildman–Crippen MR) is 117 cm³/mol. The molecule has 1 amide bonds. The van der Waals surface area contributed by atoms with E-state index in [0.717, 1.165) is 10.4 Å². The van der Waals surface area contributed by atoms with Crippen LogP contribution in [0, 0.1) is 0 Å². The van der Waals surface area contributed by atoms with E-state index in [2.05, 4.69) is 5.32 Å². The van der Waals surface area contributed by atoms with Crippen molar-refractivity contribution in [3.05, 3.63) is 58.3 Å². The molecule has 0 aliphatic carbocycles. The second-order valence-corrected chi connectivity index (χ2v) is 9.76. The molecule has 1 aliphatic rings. The standard InChI is InChI=1S/C22H21NO6S2/c1-27-13-4-7-15(8-5-13)31(25,26)19-12-30-22-17(11-20(24)23-21(19)22)16-10-14(28-2)6-9-18(16)29-3/h4-10,12,17H,11H2,1-3H3,(H,23,24). The molecule has 7 nitrogen and oxygen atoms in total. The molecule has 0 spiro atoms. The highest BCUT2D eigenvalue weighted by molar-refractivity contribution is 7.91. The van der Waals surface area contributed by atoms with Crippen LogP contribution >= 0.6 is 11.3 Å². The third kappa shape index (κ3) is 3.75. The van der Waals surface area contributed by atoms with Crippen LogP contribution in [0.2, 0.25) is 0 Å². The van der Waals surface area contributed by atoms with Gasteiger partial charge in [-0.1, -0.05) is 0 Å². The first-order chi connectivity index (χ1) is 14.9. The summed E-state index contributed by atoms with van der Waals surface area (Å²) >= 11 is 1.30. The molecule has 1 N–H and O–H groups in total. The average Bonchev–Trinajstić information content (AvgIpc) is 3.22. The second-order valence-electron chi connectivity index (χ2n) is 6.93. The zero-order chi connectivity index (χ0) is 22.2. The number of thiophene rings is 1. The summed E-state index contributed by atoms with van der Waals surface area (Å²) in [6.45, 7) is 0. The molecule has 162 valence electrons. The summed E-state index contributed by atoms with van der Waals surface area (Å²) in [4.78, 5) is 13.5. The van der Waals surface area contributed by atoms with Crippen molar-refractivity contribution in [2.75, 3.05) is 26.6 Å². The number of amides is 1. The Hall–Kier alpha value is -3.04. The van der Waals surface area contributed by atoms with Gasteiger partial charge in [0.1, 0.15) is 22.1 Å². The molecule has 4 rings (SSSR count). The molecule has 2 heterocycles. The summed E-state index contributed by atoms with van der Waals surface area (Å²) in [6, 6.07) is 11.5. The quantitative estimate of drug-likeness (QED) is 0.597. The van der Waals surface area contributed by atoms with Crippen LogP contribution in [-0.4, -0.2) is 35.7 Å². The van der Waals surface area contributed by atoms with E-state index in [1.807, 2.05) is 6.07 Å². The number of rotatable bonds is 6. The van der Waals surface area contributed by atoms with Gasteiger partial charge >= 0.3 is 0 Å². The monoisotopic (exact) mass is 459 g/mol. The number of fused-ring (bicyclic) bond motifs is 1. The second kappa shape index (κ2) is 8.24. The molecule has 1 aromatic heterocycles. The van der Waals surface area contributed by atoms with Crippen LogP contribution < -0.4 is 19.5 Å². The minimum atomic E-state index is -3.84. The normalized spacial score (nSPS) is 15.7. The number of anilines is 1. The number of carbonyl (C=O) groups excluding carboxylic acids is 1. The van der Waals surface area contributed by atoms with E-state index in [1.54, 1.807) is 43.9 Å². The first-order valence-corrected chi connectivity index (χ1v) is 11.8. The molecular weight excluding hydrogens is 438 g/mol. The Bertz CT molecular complexity index is 1230. The van der Waals surface area contributed by atoms with Crippen molar-refractivity contribution >= 4 is 32.8 Å². The largest absolute Gasteiger partial charge is 0.497 e. The lowest BCUT2D eigenvalue weighted by Gasteiger charge is -2.25. The first kappa shape index (κ1) is 21.2. The maximum absolute atomic E-state index is 13.3. The molecule has 0 radical (unpaired) electrons. The Morgan fingerprint density at radius 2 is 1.65 bits per heavy atom. The number of carbonyl (C=O) groups is 1. The maximum Gasteiger partial charge on any atom is 0.225 e. The van der Waals surface area contributed by atoms with Crippen LogP contribution in [0.4, 0.5) is 5.69 Å². The van der Waals surface area contributed by atoms with Gasteiger partial charge < -0.3 is 19.5 Å². The van der Waals surface area contributed by atoms with Crippen molar-refractivity contribution in [1.82, 2.24) is 0 Å². The van der Waals surface area contributed by atoms with E-state index in [-0.39, 0.29) is 28.0 Å². The van der Waals surface area contributed by atoms with Crippen LogP contribution in [-0.2, 0) is 14.6 Å². The third-order valence-electron chi connectivity index (χ3n) is 5.23. The van der Waals surface area contributed by atoms with E-state index >= 15 is 0 Å². The molecule has 3 aromatic rings. The van der Waals surface area contributed by atoms with E-state index in [1.165, 1.54) is 30.6 Å². The van der Waals surface area contributed by atoms with Crippen molar-refractivity contribution in [2.45, 2.75) is 22.1 Å². The van der Waals surface area contributed by atoms with Gasteiger partial charge in [0.05, 0.1) is 31.9 Å². The van der Waals surface area contributed by atoms with E-state index in [9.17, 15) is 13.2 Å². The summed E-state index contributed by atoms with van der Waals surface area (Å²) in [6.07, 6.45) is 0.180. The Kier molecular flexibility index (Phi) is 5.63. The van der Waals surface area contributed by atoms with E-state index < -0.39 is 9.84 Å². The molecule has 2 aromatic carbocycles. The van der Waals surface area contributed by atoms with Gasteiger partial charge in [-0.05, 0) is 42.5 Å². The maximum atomic E-state index is 13.3. The highest BCUT2D eigenvalue weighted by atomic mass is 32.2. The van der Waals surface area contributed by atoms with Crippen molar-refractivity contribution in [3.8, 4) is 17.2 Å². The highest BCUT2D eigenvalue weighted by Crippen LogP contribution is 2.48. The molecule has 1 aliphatic heterocycles. The Morgan fingerprint density at radius 1 is 0.968 bits per heavy atom. The van der Waals surface area contributed by atoms with Gasteiger partial charge in [-0.15, -0.1) is 11.3 Å². The van der Waals surface area contributed by atoms with Gasteiger partial charge in [-0.2, -0.15) is 0 Å². The summed E-state index contributed by atoms with van der Waals surface area (Å²) in [5.74, 6) is 1.20. The number of hydrogen-bond acceptors (Lipinski definition) is 7. The molecule has 0 bridgehead atoms. The van der Waals surface area contributed by atoms with Gasteiger partial charge in [-0.3, -0.25) is 4.79 Å². The first-order valence-electron chi connectivity index (χ1n) is 9.41. The summed E-state index contributed by atoms with van der Waals surface area (Å²) in [5, 5.41) is 4.35. The van der Waals surface area contributed by atoms with Gasteiger partial charge in [0.25, 0.3) is 0 Å². The van der Waals surface area contributed by atoms with Crippen molar-refractivity contribution < 1.29 is 27.4 Å². The molecule has 9 heteroatoms. The fraction of sp³-hybridized carbons (Fsp3) is 0.227. The lowest BCUT2D eigenvalue weighted by molar-refractivity contribution is -0.116. The van der Waals surface area contributed by atoms with Crippen LogP contribution in [0.3, 0.4) is 0 Å². The zero-order valence-electron chi connectivity index (χ0n) is 17.2. The van der Waals surface area contributed by atoms with Gasteiger partial charge in [0.2, 0.25) is 15.7 Å². The molecule has 1 unspecified atom stereocenters. The average molecular weight is 460 g/mol. The van der Waals surface area contributed by atoms with Crippen LogP contribution in [0.25, 0.3) is 0 Å². The van der Waals surface area contributed by atoms with Gasteiger partial charge in [0, 0.05) is 28.2 Å². The van der Waals surface area contributed by atoms with Gasteiger partial charge in [-0.25, -0.2) is 8.42 Å². The number of nitrogens with one attached hydrogen (secondary N) is 1. The molecule has 1 atom stereocenters. The third-order valence-corrected chi connectivity index (χ3v) is 8.27. The SMILES string of the molecule is COc1ccc(S(=O)(=O)c2csc3c2NC(=O)CC3c2cc(OC)ccc2OC)cc1. The van der Waals surface area contributed by atoms with Crippen molar-refractivity contribution in [1.29, 1.82) is 0 Å². The minimum absolute atomic E-state index is 0.0811. The van der Waals surface area contributed by atoms with Crippen LogP contribution in [0.5, 0.6) is 17.2 Å². The number of benzene rings is 2. The Balaban J connectivity index is 1.82. The minimum Gasteiger partial charge on any atom is -0.497 e. The zero-order valence-corrected chi connectivity index (χ0v) is 18.8. The molecule has 31 heavy (non-hydrogen) atoms. The fourth-order valence-electron chi connectivity index (χ4n) is 3.65. The number of ether oxygens (including phenoxy) is 3. The molecule has 0 saturated heterocycles. The summed E-state index contributed by atoms with van der Waals surface area (Å²) < 4.78 is 42.6. The fourth-order valence-corrected chi connectivity index (χ4v) is 6.55. The highest BCUT2D eigenvalue weighted by Gasteiger charge is 2.35. The van der Waals surface area contributed by atoms with Crippen molar-refractivity contribution in [3.63, 3.8) is 0 Å². The van der Waals surface area contributed by atoms with Crippen LogP contribution in [0.15, 0.2) is 57.6 Å². The van der Waals surface area contributed by atoms with Crippen molar-refractivity contribution in [2.24, 2.45) is 0 Å². The molecule has 0 fully saturated rings. The van der Waals surface area contributed by atoms with Gasteiger partial charge in [0.15, 0.2) is 0 Å². The topological polar surface area (TPSA) is 90.9 Å². The summed E-state index contributed by atoms with van der Waals surface area (Å²) in [5.41, 5.74) is 1.10. The lowest BCUT2D eigenvalue weighted by atomic mass is 9.90. The number of sulfone groups is 1. The van der Waals surface area contributed by atoms with E-state index in [4.69, 9.17) is 14.2 Å². The lowest BCUT2D eigenvalue weighted by Crippen LogP contribution is -2.23. The Morgan fingerprint density at radius 3 is 2.29 bits per heavy atom. The molecular formula is C22H21NO6S2. The molecule has 0 saturated carbocycles. The Labute approximate surface area is 184 Å².